The molecular formula is C20H19N3O3S. The van der Waals surface area contributed by atoms with E-state index in [4.69, 9.17) is 9.47 Å². The van der Waals surface area contributed by atoms with Gasteiger partial charge in [-0.1, -0.05) is 49.4 Å². The summed E-state index contributed by atoms with van der Waals surface area (Å²) in [6.07, 6.45) is 0. The van der Waals surface area contributed by atoms with Gasteiger partial charge in [-0.05, 0) is 29.7 Å². The average molecular weight is 381 g/mol. The van der Waals surface area contributed by atoms with Crippen LogP contribution in [0.25, 0.3) is 10.6 Å². The van der Waals surface area contributed by atoms with Crippen LogP contribution in [-0.4, -0.2) is 29.3 Å². The molecule has 6 nitrogen and oxygen atoms in total. The molecule has 1 aliphatic heterocycles. The van der Waals surface area contributed by atoms with Crippen LogP contribution in [0.3, 0.4) is 0 Å². The van der Waals surface area contributed by atoms with E-state index in [1.807, 2.05) is 12.1 Å². The van der Waals surface area contributed by atoms with Gasteiger partial charge >= 0.3 is 0 Å². The van der Waals surface area contributed by atoms with Crippen molar-refractivity contribution in [1.29, 1.82) is 0 Å². The highest BCUT2D eigenvalue weighted by molar-refractivity contribution is 7.18. The molecule has 0 bridgehead atoms. The van der Waals surface area contributed by atoms with Crippen molar-refractivity contribution in [2.24, 2.45) is 0 Å². The molecule has 0 radical (unpaired) electrons. The second-order valence-corrected chi connectivity index (χ2v) is 7.48. The molecule has 1 aliphatic rings. The molecule has 2 aromatic carbocycles. The van der Waals surface area contributed by atoms with Crippen LogP contribution < -0.4 is 14.8 Å². The summed E-state index contributed by atoms with van der Waals surface area (Å²) in [5.74, 6) is 1.46. The predicted octanol–water partition coefficient (Wildman–Crippen LogP) is 4.35. The van der Waals surface area contributed by atoms with Gasteiger partial charge in [0.25, 0.3) is 5.91 Å². The Hall–Kier alpha value is -2.93. The van der Waals surface area contributed by atoms with Crippen molar-refractivity contribution >= 4 is 22.4 Å². The third-order valence-electron chi connectivity index (χ3n) is 4.27. The fourth-order valence-corrected chi connectivity index (χ4v) is 3.50. The molecule has 0 unspecified atom stereocenters. The lowest BCUT2D eigenvalue weighted by Gasteiger charge is -2.18. The van der Waals surface area contributed by atoms with Crippen molar-refractivity contribution in [3.05, 3.63) is 53.6 Å². The van der Waals surface area contributed by atoms with Gasteiger partial charge in [0.15, 0.2) is 11.5 Å². The minimum atomic E-state index is -0.259. The number of anilines is 1. The summed E-state index contributed by atoms with van der Waals surface area (Å²) >= 11 is 1.34. The lowest BCUT2D eigenvalue weighted by atomic mass is 10.0. The predicted molar refractivity (Wildman–Crippen MR) is 105 cm³/mol. The third kappa shape index (κ3) is 3.78. The molecule has 0 atom stereocenters. The maximum atomic E-state index is 12.5. The summed E-state index contributed by atoms with van der Waals surface area (Å²) in [5, 5.41) is 12.3. The number of nitrogens with zero attached hydrogens (tertiary/aromatic N) is 2. The molecule has 7 heteroatoms. The lowest BCUT2D eigenvalue weighted by molar-refractivity contribution is 0.102. The Morgan fingerprint density at radius 3 is 2.52 bits per heavy atom. The molecule has 1 amide bonds. The van der Waals surface area contributed by atoms with Crippen LogP contribution >= 0.6 is 11.3 Å². The molecule has 0 spiro atoms. The van der Waals surface area contributed by atoms with Crippen molar-refractivity contribution in [1.82, 2.24) is 10.2 Å². The Bertz CT molecular complexity index is 967. The van der Waals surface area contributed by atoms with Crippen LogP contribution in [0.5, 0.6) is 11.5 Å². The molecule has 1 N–H and O–H groups in total. The van der Waals surface area contributed by atoms with Gasteiger partial charge in [-0.25, -0.2) is 0 Å². The number of aromatic nitrogens is 2. The molecule has 138 valence electrons. The van der Waals surface area contributed by atoms with Crippen LogP contribution in [0.4, 0.5) is 5.13 Å². The van der Waals surface area contributed by atoms with E-state index in [-0.39, 0.29) is 5.91 Å². The van der Waals surface area contributed by atoms with E-state index in [1.165, 1.54) is 16.9 Å². The van der Waals surface area contributed by atoms with Crippen LogP contribution in [-0.2, 0) is 0 Å². The highest BCUT2D eigenvalue weighted by Crippen LogP contribution is 2.32. The maximum absolute atomic E-state index is 12.5. The summed E-state index contributed by atoms with van der Waals surface area (Å²) in [7, 11) is 0. The molecule has 0 aliphatic carbocycles. The number of amides is 1. The summed E-state index contributed by atoms with van der Waals surface area (Å²) < 4.78 is 11.0. The zero-order valence-electron chi connectivity index (χ0n) is 15.1. The standard InChI is InChI=1S/C20H19N3O3S/c1-12(2)13-3-5-14(6-4-13)19-22-23-20(27-19)21-18(24)15-7-8-16-17(11-15)26-10-9-25-16/h3-8,11-12H,9-10H2,1-2H3,(H,21,23,24). The molecule has 4 rings (SSSR count). The van der Waals surface area contributed by atoms with E-state index in [0.717, 1.165) is 10.6 Å². The fraction of sp³-hybridized carbons (Fsp3) is 0.250. The molecule has 3 aromatic rings. The van der Waals surface area contributed by atoms with Crippen molar-refractivity contribution < 1.29 is 14.3 Å². The van der Waals surface area contributed by atoms with Crippen molar-refractivity contribution in [3.63, 3.8) is 0 Å². The van der Waals surface area contributed by atoms with Crippen molar-refractivity contribution in [2.45, 2.75) is 19.8 Å². The normalized spacial score (nSPS) is 12.9. The quantitative estimate of drug-likeness (QED) is 0.727. The number of ether oxygens (including phenoxy) is 2. The van der Waals surface area contributed by atoms with Gasteiger partial charge in [0.05, 0.1) is 0 Å². The van der Waals surface area contributed by atoms with Gasteiger partial charge in [0.2, 0.25) is 5.13 Å². The van der Waals surface area contributed by atoms with Crippen LogP contribution in [0.15, 0.2) is 42.5 Å². The Balaban J connectivity index is 1.48. The molecule has 0 saturated heterocycles. The fourth-order valence-electron chi connectivity index (χ4n) is 2.75. The van der Waals surface area contributed by atoms with Gasteiger partial charge in [0, 0.05) is 11.1 Å². The molecule has 2 heterocycles. The molecular weight excluding hydrogens is 362 g/mol. The lowest BCUT2D eigenvalue weighted by Crippen LogP contribution is -2.17. The van der Waals surface area contributed by atoms with E-state index in [9.17, 15) is 4.79 Å². The van der Waals surface area contributed by atoms with E-state index < -0.39 is 0 Å². The number of rotatable bonds is 4. The summed E-state index contributed by atoms with van der Waals surface area (Å²) in [4.78, 5) is 12.5. The number of carbonyl (C=O) groups excluding carboxylic acids is 1. The Kier molecular flexibility index (Phi) is 4.77. The zero-order chi connectivity index (χ0) is 18.8. The molecule has 0 saturated carbocycles. The van der Waals surface area contributed by atoms with E-state index in [2.05, 4.69) is 41.5 Å². The average Bonchev–Trinajstić information content (AvgIpc) is 3.16. The number of hydrogen-bond donors (Lipinski definition) is 1. The van der Waals surface area contributed by atoms with Gasteiger partial charge in [0.1, 0.15) is 18.2 Å². The zero-order valence-corrected chi connectivity index (χ0v) is 15.9. The monoisotopic (exact) mass is 381 g/mol. The van der Waals surface area contributed by atoms with Crippen molar-refractivity contribution in [2.75, 3.05) is 18.5 Å². The molecule has 1 aromatic heterocycles. The second kappa shape index (κ2) is 7.36. The first-order valence-corrected chi connectivity index (χ1v) is 9.56. The topological polar surface area (TPSA) is 73.3 Å². The summed E-state index contributed by atoms with van der Waals surface area (Å²) in [6.45, 7) is 5.31. The van der Waals surface area contributed by atoms with E-state index >= 15 is 0 Å². The maximum Gasteiger partial charge on any atom is 0.257 e. The second-order valence-electron chi connectivity index (χ2n) is 6.50. The number of hydrogen-bond acceptors (Lipinski definition) is 6. The van der Waals surface area contributed by atoms with Crippen molar-refractivity contribution in [3.8, 4) is 22.1 Å². The van der Waals surface area contributed by atoms with Crippen LogP contribution in [0, 0.1) is 0 Å². The van der Waals surface area contributed by atoms with Crippen LogP contribution in [0.1, 0.15) is 35.7 Å². The third-order valence-corrected chi connectivity index (χ3v) is 5.16. The van der Waals surface area contributed by atoms with Crippen LogP contribution in [0.2, 0.25) is 0 Å². The SMILES string of the molecule is CC(C)c1ccc(-c2nnc(NC(=O)c3ccc4c(c3)OCCO4)s2)cc1. The Morgan fingerprint density at radius 1 is 1.04 bits per heavy atom. The minimum absolute atomic E-state index is 0.259. The first-order chi connectivity index (χ1) is 13.1. The van der Waals surface area contributed by atoms with Gasteiger partial charge in [-0.2, -0.15) is 0 Å². The molecule has 0 fully saturated rings. The first-order valence-electron chi connectivity index (χ1n) is 8.75. The highest BCUT2D eigenvalue weighted by atomic mass is 32.1. The number of carbonyl (C=O) groups is 1. The number of benzene rings is 2. The summed E-state index contributed by atoms with van der Waals surface area (Å²) in [5.41, 5.74) is 2.74. The van der Waals surface area contributed by atoms with E-state index in [0.29, 0.717) is 41.3 Å². The summed E-state index contributed by atoms with van der Waals surface area (Å²) in [6, 6.07) is 13.4. The number of nitrogens with one attached hydrogen (secondary N) is 1. The van der Waals surface area contributed by atoms with Gasteiger partial charge in [-0.3, -0.25) is 10.1 Å². The largest absolute Gasteiger partial charge is 0.486 e. The first kappa shape index (κ1) is 17.5. The smallest absolute Gasteiger partial charge is 0.257 e. The Morgan fingerprint density at radius 2 is 1.78 bits per heavy atom. The highest BCUT2D eigenvalue weighted by Gasteiger charge is 2.16. The van der Waals surface area contributed by atoms with Gasteiger partial charge in [-0.15, -0.1) is 10.2 Å². The van der Waals surface area contributed by atoms with Gasteiger partial charge < -0.3 is 9.47 Å². The molecule has 27 heavy (non-hydrogen) atoms. The number of fused-ring (bicyclic) bond motifs is 1. The van der Waals surface area contributed by atoms with E-state index in [1.54, 1.807) is 18.2 Å². The minimum Gasteiger partial charge on any atom is -0.486 e. The Labute approximate surface area is 161 Å².